The van der Waals surface area contributed by atoms with E-state index in [1.807, 2.05) is 33.8 Å². The van der Waals surface area contributed by atoms with Gasteiger partial charge in [0.2, 0.25) is 0 Å². The molecule has 2 aromatic rings. The van der Waals surface area contributed by atoms with E-state index in [4.69, 9.17) is 21.1 Å². The zero-order valence-electron chi connectivity index (χ0n) is 17.9. The maximum Gasteiger partial charge on any atom is 0.335 e. The Kier molecular flexibility index (Phi) is 6.36. The summed E-state index contributed by atoms with van der Waals surface area (Å²) in [6, 6.07) is 7.70. The molecule has 1 aliphatic heterocycles. The minimum Gasteiger partial charge on any atom is -0.493 e. The molecule has 31 heavy (non-hydrogen) atoms. The summed E-state index contributed by atoms with van der Waals surface area (Å²) in [7, 11) is 1.47. The van der Waals surface area contributed by atoms with Crippen molar-refractivity contribution in [1.29, 1.82) is 0 Å². The van der Waals surface area contributed by atoms with Gasteiger partial charge in [-0.15, -0.1) is 0 Å². The van der Waals surface area contributed by atoms with Gasteiger partial charge < -0.3 is 9.47 Å². The van der Waals surface area contributed by atoms with Crippen LogP contribution < -0.4 is 19.7 Å². The number of imide groups is 2. The van der Waals surface area contributed by atoms with Crippen LogP contribution in [0.5, 0.6) is 11.5 Å². The van der Waals surface area contributed by atoms with Crippen molar-refractivity contribution < 1.29 is 23.9 Å². The number of halogens is 1. The van der Waals surface area contributed by atoms with Crippen LogP contribution in [0.4, 0.5) is 10.5 Å². The molecule has 162 valence electrons. The molecule has 7 nitrogen and oxygen atoms in total. The van der Waals surface area contributed by atoms with E-state index in [2.05, 4.69) is 5.32 Å². The molecule has 0 aliphatic carbocycles. The predicted octanol–water partition coefficient (Wildman–Crippen LogP) is 4.42. The highest BCUT2D eigenvalue weighted by Crippen LogP contribution is 2.38. The lowest BCUT2D eigenvalue weighted by Gasteiger charge is -2.27. The number of benzene rings is 2. The number of urea groups is 1. The van der Waals surface area contributed by atoms with E-state index in [1.54, 1.807) is 24.3 Å². The summed E-state index contributed by atoms with van der Waals surface area (Å²) in [6.45, 7) is 7.43. The third-order valence-corrected chi connectivity index (χ3v) is 4.76. The van der Waals surface area contributed by atoms with E-state index in [0.29, 0.717) is 22.7 Å². The average Bonchev–Trinajstić information content (AvgIpc) is 2.65. The Morgan fingerprint density at radius 1 is 1.03 bits per heavy atom. The molecule has 1 fully saturated rings. The van der Waals surface area contributed by atoms with Gasteiger partial charge in [-0.2, -0.15) is 0 Å². The number of hydrogen-bond acceptors (Lipinski definition) is 5. The molecule has 1 saturated heterocycles. The number of nitrogens with zero attached hydrogens (tertiary/aromatic N) is 1. The average molecular weight is 443 g/mol. The van der Waals surface area contributed by atoms with Crippen LogP contribution in [0, 0.1) is 13.8 Å². The van der Waals surface area contributed by atoms with Gasteiger partial charge in [-0.25, -0.2) is 9.69 Å². The molecule has 0 radical (unpaired) electrons. The van der Waals surface area contributed by atoms with Gasteiger partial charge in [0.25, 0.3) is 11.8 Å². The van der Waals surface area contributed by atoms with E-state index in [9.17, 15) is 14.4 Å². The third-order valence-electron chi connectivity index (χ3n) is 4.48. The first-order chi connectivity index (χ1) is 14.6. The highest BCUT2D eigenvalue weighted by Gasteiger charge is 2.37. The molecular weight excluding hydrogens is 420 g/mol. The Bertz CT molecular complexity index is 1090. The number of barbiturate groups is 1. The minimum absolute atomic E-state index is 0.126. The lowest BCUT2D eigenvalue weighted by Crippen LogP contribution is -2.54. The number of rotatable bonds is 5. The van der Waals surface area contributed by atoms with Crippen molar-refractivity contribution in [3.05, 3.63) is 57.6 Å². The zero-order chi connectivity index (χ0) is 22.9. The molecule has 0 aromatic heterocycles. The van der Waals surface area contributed by atoms with Gasteiger partial charge in [-0.05, 0) is 74.7 Å². The van der Waals surface area contributed by atoms with Gasteiger partial charge in [-0.1, -0.05) is 17.7 Å². The molecule has 0 saturated carbocycles. The molecule has 0 atom stereocenters. The fraction of sp³-hybridized carbons (Fsp3) is 0.261. The van der Waals surface area contributed by atoms with Gasteiger partial charge in [0.1, 0.15) is 5.57 Å². The van der Waals surface area contributed by atoms with Crippen LogP contribution in [0.2, 0.25) is 5.02 Å². The van der Waals surface area contributed by atoms with Crippen molar-refractivity contribution >= 4 is 41.2 Å². The fourth-order valence-corrected chi connectivity index (χ4v) is 3.58. The number of aryl methyl sites for hydroxylation is 2. The first-order valence-electron chi connectivity index (χ1n) is 9.64. The molecule has 0 spiro atoms. The number of carbonyl (C=O) groups excluding carboxylic acids is 3. The monoisotopic (exact) mass is 442 g/mol. The fourth-order valence-electron chi connectivity index (χ4n) is 3.31. The largest absolute Gasteiger partial charge is 0.493 e. The Morgan fingerprint density at radius 2 is 1.68 bits per heavy atom. The van der Waals surface area contributed by atoms with E-state index >= 15 is 0 Å². The number of nitrogens with one attached hydrogen (secondary N) is 1. The summed E-state index contributed by atoms with van der Waals surface area (Å²) >= 11 is 6.35. The quantitative estimate of drug-likeness (QED) is 0.547. The lowest BCUT2D eigenvalue weighted by atomic mass is 10.0. The van der Waals surface area contributed by atoms with Crippen LogP contribution in [0.15, 0.2) is 35.9 Å². The van der Waals surface area contributed by atoms with Crippen LogP contribution >= 0.6 is 11.6 Å². The molecule has 1 heterocycles. The van der Waals surface area contributed by atoms with Crippen LogP contribution in [-0.4, -0.2) is 31.1 Å². The van der Waals surface area contributed by atoms with Crippen molar-refractivity contribution in [3.63, 3.8) is 0 Å². The molecule has 0 unspecified atom stereocenters. The summed E-state index contributed by atoms with van der Waals surface area (Å²) in [5, 5.41) is 2.49. The second-order valence-electron chi connectivity index (χ2n) is 7.50. The Morgan fingerprint density at radius 3 is 2.26 bits per heavy atom. The summed E-state index contributed by atoms with van der Waals surface area (Å²) in [4.78, 5) is 38.9. The van der Waals surface area contributed by atoms with Gasteiger partial charge in [-0.3, -0.25) is 14.9 Å². The Labute approximate surface area is 185 Å². The molecule has 1 aliphatic rings. The first kappa shape index (κ1) is 22.4. The van der Waals surface area contributed by atoms with Crippen molar-refractivity contribution in [3.8, 4) is 11.5 Å². The topological polar surface area (TPSA) is 84.9 Å². The summed E-state index contributed by atoms with van der Waals surface area (Å²) in [5.41, 5.74) is 2.40. The molecule has 3 rings (SSSR count). The number of hydrogen-bond donors (Lipinski definition) is 1. The lowest BCUT2D eigenvalue weighted by molar-refractivity contribution is -0.122. The number of anilines is 1. The standard InChI is InChI=1S/C23H23ClN2O5/c1-12(2)31-20-18(24)10-15(11-19(20)30-5)9-17-21(27)25-23(29)26(22(17)28)16-7-13(3)6-14(4)8-16/h6-12H,1-5H3,(H,25,27,29)/b17-9+. The van der Waals surface area contributed by atoms with Crippen molar-refractivity contribution in [2.45, 2.75) is 33.8 Å². The van der Waals surface area contributed by atoms with E-state index in [-0.39, 0.29) is 16.7 Å². The zero-order valence-corrected chi connectivity index (χ0v) is 18.7. The maximum absolute atomic E-state index is 13.1. The highest BCUT2D eigenvalue weighted by molar-refractivity contribution is 6.39. The van der Waals surface area contributed by atoms with Gasteiger partial charge in [0.15, 0.2) is 11.5 Å². The third kappa shape index (κ3) is 4.72. The second-order valence-corrected chi connectivity index (χ2v) is 7.91. The normalized spacial score (nSPS) is 15.5. The van der Waals surface area contributed by atoms with Crippen LogP contribution in [0.25, 0.3) is 6.08 Å². The van der Waals surface area contributed by atoms with E-state index in [1.165, 1.54) is 13.2 Å². The van der Waals surface area contributed by atoms with Gasteiger partial charge >= 0.3 is 6.03 Å². The van der Waals surface area contributed by atoms with E-state index < -0.39 is 17.8 Å². The molecule has 2 aromatic carbocycles. The molecular formula is C23H23ClN2O5. The summed E-state index contributed by atoms with van der Waals surface area (Å²) < 4.78 is 11.0. The molecule has 1 N–H and O–H groups in total. The number of ether oxygens (including phenoxy) is 2. The van der Waals surface area contributed by atoms with Crippen LogP contribution in [0.1, 0.15) is 30.5 Å². The Balaban J connectivity index is 2.05. The second kappa shape index (κ2) is 8.81. The number of amides is 4. The molecule has 8 heteroatoms. The maximum atomic E-state index is 13.1. The summed E-state index contributed by atoms with van der Waals surface area (Å²) in [6.07, 6.45) is 1.24. The van der Waals surface area contributed by atoms with Crippen molar-refractivity contribution in [2.75, 3.05) is 12.0 Å². The predicted molar refractivity (Wildman–Crippen MR) is 119 cm³/mol. The number of methoxy groups -OCH3 is 1. The van der Waals surface area contributed by atoms with Gasteiger partial charge in [0, 0.05) is 0 Å². The number of carbonyl (C=O) groups is 3. The smallest absolute Gasteiger partial charge is 0.335 e. The Hall–Kier alpha value is -3.32. The first-order valence-corrected chi connectivity index (χ1v) is 10.0. The van der Waals surface area contributed by atoms with Crippen LogP contribution in [-0.2, 0) is 9.59 Å². The molecule has 0 bridgehead atoms. The minimum atomic E-state index is -0.798. The van der Waals surface area contributed by atoms with Crippen molar-refractivity contribution in [1.82, 2.24) is 5.32 Å². The van der Waals surface area contributed by atoms with Gasteiger partial charge in [0.05, 0.1) is 23.9 Å². The highest BCUT2D eigenvalue weighted by atomic mass is 35.5. The van der Waals surface area contributed by atoms with Crippen molar-refractivity contribution in [2.24, 2.45) is 0 Å². The molecule has 4 amide bonds. The van der Waals surface area contributed by atoms with E-state index in [0.717, 1.165) is 16.0 Å². The van der Waals surface area contributed by atoms with Crippen LogP contribution in [0.3, 0.4) is 0 Å². The summed E-state index contributed by atoms with van der Waals surface area (Å²) in [5.74, 6) is -0.781. The SMILES string of the molecule is COc1cc(/C=C2\C(=O)NC(=O)N(c3cc(C)cc(C)c3)C2=O)cc(Cl)c1OC(C)C.